The molecule has 2 rings (SSSR count). The molecule has 0 saturated carbocycles. The average Bonchev–Trinajstić information content (AvgIpc) is 2.24. The van der Waals surface area contributed by atoms with Gasteiger partial charge in [-0.1, -0.05) is 29.8 Å². The molecule has 1 aliphatic heterocycles. The van der Waals surface area contributed by atoms with E-state index < -0.39 is 15.4 Å². The summed E-state index contributed by atoms with van der Waals surface area (Å²) >= 11 is 0. The predicted octanol–water partition coefficient (Wildman–Crippen LogP) is 1.39. The summed E-state index contributed by atoms with van der Waals surface area (Å²) in [6.45, 7) is 1.99. The van der Waals surface area contributed by atoms with E-state index in [1.165, 1.54) is 0 Å². The average molecular weight is 240 g/mol. The van der Waals surface area contributed by atoms with E-state index in [-0.39, 0.29) is 11.5 Å². The van der Waals surface area contributed by atoms with Gasteiger partial charge in [-0.25, -0.2) is 8.42 Å². The first-order valence-corrected chi connectivity index (χ1v) is 7.23. The quantitative estimate of drug-likeness (QED) is 0.807. The normalized spacial score (nSPS) is 22.9. The van der Waals surface area contributed by atoms with Crippen LogP contribution in [0.5, 0.6) is 0 Å². The van der Waals surface area contributed by atoms with Gasteiger partial charge in [0.05, 0.1) is 17.1 Å². The molecule has 0 amide bonds. The van der Waals surface area contributed by atoms with Crippen LogP contribution >= 0.6 is 0 Å². The number of benzene rings is 1. The van der Waals surface area contributed by atoms with Crippen molar-refractivity contribution in [2.24, 2.45) is 0 Å². The van der Waals surface area contributed by atoms with E-state index in [4.69, 9.17) is 0 Å². The second kappa shape index (κ2) is 3.86. The summed E-state index contributed by atoms with van der Waals surface area (Å²) in [5.41, 5.74) is 1.00. The Hall–Kier alpha value is -0.870. The Morgan fingerprint density at radius 3 is 2.12 bits per heavy atom. The fourth-order valence-electron chi connectivity index (χ4n) is 2.03. The number of rotatable bonds is 1. The van der Waals surface area contributed by atoms with Crippen LogP contribution < -0.4 is 0 Å². The highest BCUT2D eigenvalue weighted by Crippen LogP contribution is 2.33. The molecule has 1 aromatic rings. The maximum Gasteiger partial charge on any atom is 0.150 e. The van der Waals surface area contributed by atoms with Crippen molar-refractivity contribution in [3.05, 3.63) is 35.4 Å². The molecule has 1 N–H and O–H groups in total. The van der Waals surface area contributed by atoms with Crippen molar-refractivity contribution >= 4 is 9.84 Å². The van der Waals surface area contributed by atoms with Crippen LogP contribution in [0.1, 0.15) is 24.0 Å². The van der Waals surface area contributed by atoms with E-state index in [9.17, 15) is 13.5 Å². The largest absolute Gasteiger partial charge is 0.385 e. The minimum absolute atomic E-state index is 0.0807. The summed E-state index contributed by atoms with van der Waals surface area (Å²) in [4.78, 5) is 0. The maximum absolute atomic E-state index is 11.3. The third kappa shape index (κ3) is 2.28. The zero-order chi connectivity index (χ0) is 11.8. The first kappa shape index (κ1) is 11.6. The molecule has 0 unspecified atom stereocenters. The highest BCUT2D eigenvalue weighted by Gasteiger charge is 2.36. The van der Waals surface area contributed by atoms with Gasteiger partial charge in [0, 0.05) is 0 Å². The molecule has 1 aromatic carbocycles. The molecule has 1 fully saturated rings. The molecule has 0 bridgehead atoms. The van der Waals surface area contributed by atoms with E-state index in [1.807, 2.05) is 31.2 Å². The maximum atomic E-state index is 11.3. The van der Waals surface area contributed by atoms with E-state index >= 15 is 0 Å². The predicted molar refractivity (Wildman–Crippen MR) is 63.0 cm³/mol. The zero-order valence-electron chi connectivity index (χ0n) is 9.31. The van der Waals surface area contributed by atoms with E-state index in [2.05, 4.69) is 0 Å². The topological polar surface area (TPSA) is 54.4 Å². The molecular formula is C12H16O3S. The summed E-state index contributed by atoms with van der Waals surface area (Å²) in [5.74, 6) is 0.161. The summed E-state index contributed by atoms with van der Waals surface area (Å²) in [5, 5.41) is 10.4. The van der Waals surface area contributed by atoms with Gasteiger partial charge in [0.25, 0.3) is 0 Å². The molecule has 4 heteroatoms. The van der Waals surface area contributed by atoms with Gasteiger partial charge in [0.1, 0.15) is 0 Å². The molecule has 0 aromatic heterocycles. The van der Waals surface area contributed by atoms with Gasteiger partial charge >= 0.3 is 0 Å². The Morgan fingerprint density at radius 2 is 1.62 bits per heavy atom. The van der Waals surface area contributed by atoms with Crippen molar-refractivity contribution in [3.8, 4) is 0 Å². The lowest BCUT2D eigenvalue weighted by molar-refractivity contribution is 0.0263. The van der Waals surface area contributed by atoms with Gasteiger partial charge in [-0.15, -0.1) is 0 Å². The van der Waals surface area contributed by atoms with Crippen molar-refractivity contribution in [1.82, 2.24) is 0 Å². The SMILES string of the molecule is Cc1ccc(C2(O)CCS(=O)(=O)CC2)cc1. The molecule has 0 radical (unpaired) electrons. The molecule has 1 saturated heterocycles. The second-order valence-electron chi connectivity index (χ2n) is 4.55. The number of aliphatic hydroxyl groups is 1. The van der Waals surface area contributed by atoms with Crippen LogP contribution in [0.3, 0.4) is 0 Å². The highest BCUT2D eigenvalue weighted by atomic mass is 32.2. The van der Waals surface area contributed by atoms with Gasteiger partial charge in [0.15, 0.2) is 9.84 Å². The van der Waals surface area contributed by atoms with Crippen molar-refractivity contribution in [1.29, 1.82) is 0 Å². The monoisotopic (exact) mass is 240 g/mol. The third-order valence-electron chi connectivity index (χ3n) is 3.24. The van der Waals surface area contributed by atoms with Crippen molar-refractivity contribution in [2.75, 3.05) is 11.5 Å². The molecule has 1 aliphatic rings. The lowest BCUT2D eigenvalue weighted by atomic mass is 9.88. The summed E-state index contributed by atoms with van der Waals surface area (Å²) in [7, 11) is -2.93. The van der Waals surface area contributed by atoms with Crippen LogP contribution in [0.25, 0.3) is 0 Å². The number of hydrogen-bond donors (Lipinski definition) is 1. The molecule has 1 heterocycles. The Bertz CT molecular complexity index is 459. The number of sulfone groups is 1. The van der Waals surface area contributed by atoms with Crippen LogP contribution in [0.15, 0.2) is 24.3 Å². The Balaban J connectivity index is 2.24. The molecule has 0 atom stereocenters. The number of hydrogen-bond acceptors (Lipinski definition) is 3. The van der Waals surface area contributed by atoms with Gasteiger partial charge in [-0.2, -0.15) is 0 Å². The molecule has 16 heavy (non-hydrogen) atoms. The molecule has 3 nitrogen and oxygen atoms in total. The van der Waals surface area contributed by atoms with Crippen LogP contribution in [-0.4, -0.2) is 25.0 Å². The van der Waals surface area contributed by atoms with Gasteiger partial charge in [-0.05, 0) is 25.3 Å². The lowest BCUT2D eigenvalue weighted by Crippen LogP contribution is -2.36. The Kier molecular flexibility index (Phi) is 2.80. The smallest absolute Gasteiger partial charge is 0.150 e. The lowest BCUT2D eigenvalue weighted by Gasteiger charge is -2.32. The van der Waals surface area contributed by atoms with Crippen molar-refractivity contribution in [3.63, 3.8) is 0 Å². The van der Waals surface area contributed by atoms with Crippen LogP contribution in [0, 0.1) is 6.92 Å². The molecular weight excluding hydrogens is 224 g/mol. The summed E-state index contributed by atoms with van der Waals surface area (Å²) in [6, 6.07) is 7.65. The standard InChI is InChI=1S/C12H16O3S/c1-10-2-4-11(5-3-10)12(13)6-8-16(14,15)9-7-12/h2-5,13H,6-9H2,1H3. The van der Waals surface area contributed by atoms with Gasteiger partial charge < -0.3 is 5.11 Å². The van der Waals surface area contributed by atoms with E-state index in [0.717, 1.165) is 11.1 Å². The first-order valence-electron chi connectivity index (χ1n) is 5.41. The minimum atomic E-state index is -2.93. The molecule has 88 valence electrons. The molecule has 0 spiro atoms. The van der Waals surface area contributed by atoms with Crippen LogP contribution in [0.4, 0.5) is 0 Å². The fourth-order valence-corrected chi connectivity index (χ4v) is 3.53. The summed E-state index contributed by atoms with van der Waals surface area (Å²) < 4.78 is 22.6. The van der Waals surface area contributed by atoms with Crippen LogP contribution in [-0.2, 0) is 15.4 Å². The Labute approximate surface area is 96.0 Å². The molecule has 0 aliphatic carbocycles. The van der Waals surface area contributed by atoms with Crippen molar-refractivity contribution in [2.45, 2.75) is 25.4 Å². The van der Waals surface area contributed by atoms with Gasteiger partial charge in [0.2, 0.25) is 0 Å². The second-order valence-corrected chi connectivity index (χ2v) is 6.85. The summed E-state index contributed by atoms with van der Waals surface area (Å²) in [6.07, 6.45) is 0.608. The fraction of sp³-hybridized carbons (Fsp3) is 0.500. The van der Waals surface area contributed by atoms with Crippen molar-refractivity contribution < 1.29 is 13.5 Å². The minimum Gasteiger partial charge on any atom is -0.385 e. The first-order chi connectivity index (χ1) is 7.41. The van der Waals surface area contributed by atoms with E-state index in [0.29, 0.717) is 12.8 Å². The zero-order valence-corrected chi connectivity index (χ0v) is 10.1. The van der Waals surface area contributed by atoms with Crippen LogP contribution in [0.2, 0.25) is 0 Å². The Morgan fingerprint density at radius 1 is 1.12 bits per heavy atom. The number of aryl methyl sites for hydroxylation is 1. The van der Waals surface area contributed by atoms with Gasteiger partial charge in [-0.3, -0.25) is 0 Å². The highest BCUT2D eigenvalue weighted by molar-refractivity contribution is 7.91. The third-order valence-corrected chi connectivity index (χ3v) is 4.89. The van der Waals surface area contributed by atoms with E-state index in [1.54, 1.807) is 0 Å².